The Morgan fingerprint density at radius 2 is 1.96 bits per heavy atom. The minimum absolute atomic E-state index is 0.112. The van der Waals surface area contributed by atoms with Crippen LogP contribution in [0.25, 0.3) is 0 Å². The molecule has 1 amide bonds. The van der Waals surface area contributed by atoms with Gasteiger partial charge in [0.1, 0.15) is 12.4 Å². The van der Waals surface area contributed by atoms with Crippen molar-refractivity contribution < 1.29 is 4.79 Å². The molecule has 1 N–H and O–H groups in total. The zero-order chi connectivity index (χ0) is 18.7. The van der Waals surface area contributed by atoms with Crippen LogP contribution in [0.2, 0.25) is 0 Å². The second kappa shape index (κ2) is 8.03. The van der Waals surface area contributed by atoms with Gasteiger partial charge < -0.3 is 9.80 Å². The van der Waals surface area contributed by atoms with Crippen LogP contribution in [0.5, 0.6) is 0 Å². The lowest BCUT2D eigenvalue weighted by molar-refractivity contribution is -0.132. The largest absolute Gasteiger partial charge is 0.368 e. The molecule has 3 rings (SSSR count). The van der Waals surface area contributed by atoms with E-state index < -0.39 is 0 Å². The first-order chi connectivity index (χ1) is 12.5. The third kappa shape index (κ3) is 3.82. The van der Waals surface area contributed by atoms with Crippen LogP contribution in [0.4, 0.5) is 5.69 Å². The number of H-pyrrole nitrogens is 1. The number of piperazine rings is 1. The third-order valence-electron chi connectivity index (χ3n) is 5.15. The van der Waals surface area contributed by atoms with Gasteiger partial charge in [-0.05, 0) is 49.7 Å². The van der Waals surface area contributed by atoms with Crippen LogP contribution in [-0.2, 0) is 17.8 Å². The van der Waals surface area contributed by atoms with E-state index in [1.807, 2.05) is 9.47 Å². The fourth-order valence-electron chi connectivity index (χ4n) is 3.44. The molecule has 1 fully saturated rings. The number of aryl methyl sites for hydroxylation is 2. The molecule has 0 bridgehead atoms. The minimum Gasteiger partial charge on any atom is -0.368 e. The highest BCUT2D eigenvalue weighted by atomic mass is 32.1. The van der Waals surface area contributed by atoms with Crippen LogP contribution in [0.3, 0.4) is 0 Å². The van der Waals surface area contributed by atoms with E-state index >= 15 is 0 Å². The van der Waals surface area contributed by atoms with E-state index in [1.54, 1.807) is 0 Å². The van der Waals surface area contributed by atoms with Crippen molar-refractivity contribution in [3.05, 3.63) is 39.9 Å². The van der Waals surface area contributed by atoms with Gasteiger partial charge >= 0.3 is 0 Å². The highest BCUT2D eigenvalue weighted by molar-refractivity contribution is 7.71. The number of aromatic amines is 1. The van der Waals surface area contributed by atoms with Crippen molar-refractivity contribution >= 4 is 23.8 Å². The number of carbonyl (C=O) groups excluding carboxylic acids is 1. The quantitative estimate of drug-likeness (QED) is 0.819. The van der Waals surface area contributed by atoms with Gasteiger partial charge in [0.15, 0.2) is 4.77 Å². The van der Waals surface area contributed by atoms with Crippen molar-refractivity contribution in [3.63, 3.8) is 0 Å². The Bertz CT molecular complexity index is 833. The highest BCUT2D eigenvalue weighted by Crippen LogP contribution is 2.23. The van der Waals surface area contributed by atoms with E-state index in [4.69, 9.17) is 12.2 Å². The second-order valence-corrected chi connectivity index (χ2v) is 7.25. The van der Waals surface area contributed by atoms with Crippen molar-refractivity contribution in [3.8, 4) is 0 Å². The van der Waals surface area contributed by atoms with E-state index in [0.717, 1.165) is 44.8 Å². The molecule has 2 heterocycles. The van der Waals surface area contributed by atoms with Gasteiger partial charge in [-0.3, -0.25) is 14.5 Å². The summed E-state index contributed by atoms with van der Waals surface area (Å²) in [6.07, 6.45) is 1.79. The van der Waals surface area contributed by atoms with Gasteiger partial charge in [-0.1, -0.05) is 19.1 Å². The highest BCUT2D eigenvalue weighted by Gasteiger charge is 2.23. The summed E-state index contributed by atoms with van der Waals surface area (Å²) in [7, 11) is 0. The van der Waals surface area contributed by atoms with E-state index in [1.165, 1.54) is 16.8 Å². The molecule has 0 aliphatic carbocycles. The molecule has 0 unspecified atom stereocenters. The number of hydrogen-bond acceptors (Lipinski definition) is 4. The first-order valence-electron chi connectivity index (χ1n) is 9.24. The molecule has 1 aliphatic heterocycles. The third-order valence-corrected chi connectivity index (χ3v) is 5.47. The summed E-state index contributed by atoms with van der Waals surface area (Å²) >= 11 is 5.28. The van der Waals surface area contributed by atoms with Gasteiger partial charge in [-0.25, -0.2) is 0 Å². The summed E-state index contributed by atoms with van der Waals surface area (Å²) in [6.45, 7) is 9.86. The molecule has 0 saturated carbocycles. The first kappa shape index (κ1) is 18.6. The lowest BCUT2D eigenvalue weighted by Crippen LogP contribution is -2.49. The van der Waals surface area contributed by atoms with Gasteiger partial charge in [0.25, 0.3) is 0 Å². The molecule has 0 atom stereocenters. The molecule has 1 aromatic carbocycles. The normalized spacial score (nSPS) is 14.7. The molecule has 2 aromatic rings. The first-order valence-corrected chi connectivity index (χ1v) is 9.65. The fourth-order valence-corrected chi connectivity index (χ4v) is 3.65. The molecule has 0 radical (unpaired) electrons. The number of benzene rings is 1. The summed E-state index contributed by atoms with van der Waals surface area (Å²) < 4.78 is 2.36. The monoisotopic (exact) mass is 373 g/mol. The van der Waals surface area contributed by atoms with Crippen molar-refractivity contribution in [1.82, 2.24) is 19.7 Å². The molecular formula is C19H27N5OS. The number of rotatable bonds is 5. The molecule has 1 aromatic heterocycles. The van der Waals surface area contributed by atoms with E-state index in [2.05, 4.69) is 54.1 Å². The summed E-state index contributed by atoms with van der Waals surface area (Å²) in [5.74, 6) is 0.973. The van der Waals surface area contributed by atoms with Crippen LogP contribution in [-0.4, -0.2) is 51.8 Å². The van der Waals surface area contributed by atoms with Gasteiger partial charge in [0.05, 0.1) is 0 Å². The van der Waals surface area contributed by atoms with E-state index in [-0.39, 0.29) is 12.5 Å². The topological polar surface area (TPSA) is 57.2 Å². The standard InChI is InChI=1S/C19H27N5OS/c1-4-6-17-20-21-19(26)24(17)13-18(25)23-11-9-22(10-12-23)16-8-5-7-14(2)15(16)3/h5,7-8H,4,6,9-13H2,1-3H3,(H,21,26). The maximum Gasteiger partial charge on any atom is 0.242 e. The minimum atomic E-state index is 0.112. The molecular weight excluding hydrogens is 346 g/mol. The molecule has 26 heavy (non-hydrogen) atoms. The Kier molecular flexibility index (Phi) is 5.76. The van der Waals surface area contributed by atoms with Crippen molar-refractivity contribution in [1.29, 1.82) is 0 Å². The van der Waals surface area contributed by atoms with Gasteiger partial charge in [-0.15, -0.1) is 0 Å². The molecule has 6 nitrogen and oxygen atoms in total. The van der Waals surface area contributed by atoms with Crippen LogP contribution in [0, 0.1) is 18.6 Å². The number of anilines is 1. The SMILES string of the molecule is CCCc1n[nH]c(=S)n1CC(=O)N1CCN(c2cccc(C)c2C)CC1. The maximum absolute atomic E-state index is 12.7. The predicted molar refractivity (Wildman–Crippen MR) is 106 cm³/mol. The maximum atomic E-state index is 12.7. The summed E-state index contributed by atoms with van der Waals surface area (Å²) in [5.41, 5.74) is 3.90. The smallest absolute Gasteiger partial charge is 0.242 e. The van der Waals surface area contributed by atoms with Crippen molar-refractivity contribution in [2.24, 2.45) is 0 Å². The van der Waals surface area contributed by atoms with Gasteiger partial charge in [0, 0.05) is 38.3 Å². The lowest BCUT2D eigenvalue weighted by atomic mass is 10.1. The number of hydrogen-bond donors (Lipinski definition) is 1. The van der Waals surface area contributed by atoms with Crippen molar-refractivity contribution in [2.45, 2.75) is 40.2 Å². The number of nitrogens with one attached hydrogen (secondary N) is 1. The number of aromatic nitrogens is 3. The number of amides is 1. The van der Waals surface area contributed by atoms with Gasteiger partial charge in [0.2, 0.25) is 5.91 Å². The van der Waals surface area contributed by atoms with Crippen molar-refractivity contribution in [2.75, 3.05) is 31.1 Å². The Hall–Kier alpha value is -2.15. The summed E-state index contributed by atoms with van der Waals surface area (Å²) in [5, 5.41) is 7.05. The van der Waals surface area contributed by atoms with Crippen LogP contribution in [0.1, 0.15) is 30.3 Å². The second-order valence-electron chi connectivity index (χ2n) is 6.87. The predicted octanol–water partition coefficient (Wildman–Crippen LogP) is 2.86. The van der Waals surface area contributed by atoms with E-state index in [9.17, 15) is 4.79 Å². The Labute approximate surface area is 159 Å². The lowest BCUT2D eigenvalue weighted by Gasteiger charge is -2.37. The Morgan fingerprint density at radius 1 is 1.23 bits per heavy atom. The average molecular weight is 374 g/mol. The summed E-state index contributed by atoms with van der Waals surface area (Å²) in [6, 6.07) is 6.41. The molecule has 1 saturated heterocycles. The van der Waals surface area contributed by atoms with Crippen LogP contribution in [0.15, 0.2) is 18.2 Å². The zero-order valence-corrected chi connectivity index (χ0v) is 16.6. The Morgan fingerprint density at radius 3 is 2.65 bits per heavy atom. The number of carbonyl (C=O) groups is 1. The molecule has 1 aliphatic rings. The van der Waals surface area contributed by atoms with Crippen LogP contribution < -0.4 is 4.90 Å². The van der Waals surface area contributed by atoms with Gasteiger partial charge in [-0.2, -0.15) is 5.10 Å². The average Bonchev–Trinajstić information content (AvgIpc) is 2.98. The zero-order valence-electron chi connectivity index (χ0n) is 15.8. The van der Waals surface area contributed by atoms with Crippen LogP contribution >= 0.6 is 12.2 Å². The summed E-state index contributed by atoms with van der Waals surface area (Å²) in [4.78, 5) is 17.0. The number of nitrogens with zero attached hydrogens (tertiary/aromatic N) is 4. The molecule has 0 spiro atoms. The fraction of sp³-hybridized carbons (Fsp3) is 0.526. The van der Waals surface area contributed by atoms with E-state index in [0.29, 0.717) is 4.77 Å². The Balaban J connectivity index is 1.63. The molecule has 140 valence electrons. The molecule has 7 heteroatoms.